The summed E-state index contributed by atoms with van der Waals surface area (Å²) in [6.07, 6.45) is 0.871. The Bertz CT molecular complexity index is 759. The van der Waals surface area contributed by atoms with Gasteiger partial charge in [-0.1, -0.05) is 24.6 Å². The molecule has 0 heterocycles. The Kier molecular flexibility index (Phi) is 6.39. The van der Waals surface area contributed by atoms with Crippen LogP contribution in [0.15, 0.2) is 42.5 Å². The van der Waals surface area contributed by atoms with Gasteiger partial charge in [-0.2, -0.15) is 0 Å². The average molecular weight is 342 g/mol. The maximum absolute atomic E-state index is 12.2. The van der Waals surface area contributed by atoms with E-state index < -0.39 is 5.91 Å². The first kappa shape index (κ1) is 18.3. The van der Waals surface area contributed by atoms with Crippen molar-refractivity contribution in [2.24, 2.45) is 0 Å². The van der Waals surface area contributed by atoms with E-state index in [1.807, 2.05) is 19.9 Å². The molecule has 0 aliphatic rings. The van der Waals surface area contributed by atoms with Crippen LogP contribution in [0.2, 0.25) is 0 Å². The minimum absolute atomic E-state index is 0.352. The molecular weight excluding hydrogens is 320 g/mol. The number of carbonyl (C=O) groups excluding carboxylic acids is 2. The molecule has 0 aliphatic heterocycles. The summed E-state index contributed by atoms with van der Waals surface area (Å²) < 4.78 is 10.8. The predicted molar refractivity (Wildman–Crippen MR) is 94.9 cm³/mol. The fourth-order valence-corrected chi connectivity index (χ4v) is 2.18. The molecule has 0 saturated carbocycles. The zero-order valence-corrected chi connectivity index (χ0v) is 14.6. The Morgan fingerprint density at radius 2 is 1.64 bits per heavy atom. The Hall–Kier alpha value is -3.02. The van der Waals surface area contributed by atoms with Crippen LogP contribution in [0.3, 0.4) is 0 Å². The van der Waals surface area contributed by atoms with E-state index >= 15 is 0 Å². The van der Waals surface area contributed by atoms with Gasteiger partial charge in [-0.25, -0.2) is 0 Å². The summed E-state index contributed by atoms with van der Waals surface area (Å²) in [5.41, 5.74) is 6.59. The van der Waals surface area contributed by atoms with Crippen LogP contribution in [-0.2, 0) is 0 Å². The van der Waals surface area contributed by atoms with Gasteiger partial charge in [0.1, 0.15) is 0 Å². The normalized spacial score (nSPS) is 10.0. The highest BCUT2D eigenvalue weighted by Gasteiger charge is 2.12. The van der Waals surface area contributed by atoms with Gasteiger partial charge in [0.15, 0.2) is 11.5 Å². The SMILES string of the molecule is CCCOc1ccc(C(=O)NNC(=O)c2cccc(C)c2)cc1OC. The van der Waals surface area contributed by atoms with Gasteiger partial charge in [-0.05, 0) is 43.7 Å². The van der Waals surface area contributed by atoms with Gasteiger partial charge in [-0.3, -0.25) is 20.4 Å². The lowest BCUT2D eigenvalue weighted by molar-refractivity contribution is 0.0846. The van der Waals surface area contributed by atoms with E-state index in [0.29, 0.717) is 29.2 Å². The number of hydrogen-bond acceptors (Lipinski definition) is 4. The molecule has 132 valence electrons. The minimum Gasteiger partial charge on any atom is -0.493 e. The summed E-state index contributed by atoms with van der Waals surface area (Å²) in [7, 11) is 1.51. The first-order chi connectivity index (χ1) is 12.0. The van der Waals surface area contributed by atoms with Crippen LogP contribution in [-0.4, -0.2) is 25.5 Å². The van der Waals surface area contributed by atoms with Gasteiger partial charge in [0.25, 0.3) is 11.8 Å². The third-order valence-electron chi connectivity index (χ3n) is 3.46. The zero-order valence-electron chi connectivity index (χ0n) is 14.6. The highest BCUT2D eigenvalue weighted by molar-refractivity contribution is 5.99. The molecule has 0 spiro atoms. The minimum atomic E-state index is -0.443. The van der Waals surface area contributed by atoms with Gasteiger partial charge in [0.2, 0.25) is 0 Å². The second kappa shape index (κ2) is 8.73. The summed E-state index contributed by atoms with van der Waals surface area (Å²) in [6.45, 7) is 4.46. The van der Waals surface area contributed by atoms with Crippen LogP contribution in [0.5, 0.6) is 11.5 Å². The van der Waals surface area contributed by atoms with E-state index in [0.717, 1.165) is 12.0 Å². The second-order valence-corrected chi connectivity index (χ2v) is 5.49. The number of ether oxygens (including phenoxy) is 2. The molecule has 25 heavy (non-hydrogen) atoms. The highest BCUT2D eigenvalue weighted by atomic mass is 16.5. The third kappa shape index (κ3) is 4.97. The van der Waals surface area contributed by atoms with Crippen molar-refractivity contribution < 1.29 is 19.1 Å². The van der Waals surface area contributed by atoms with Gasteiger partial charge < -0.3 is 9.47 Å². The number of nitrogens with one attached hydrogen (secondary N) is 2. The topological polar surface area (TPSA) is 76.7 Å². The molecule has 2 N–H and O–H groups in total. The Morgan fingerprint density at radius 1 is 0.960 bits per heavy atom. The number of hydrazine groups is 1. The highest BCUT2D eigenvalue weighted by Crippen LogP contribution is 2.28. The monoisotopic (exact) mass is 342 g/mol. The molecule has 2 rings (SSSR count). The van der Waals surface area contributed by atoms with Gasteiger partial charge in [0, 0.05) is 11.1 Å². The van der Waals surface area contributed by atoms with Crippen LogP contribution in [0.25, 0.3) is 0 Å². The van der Waals surface area contributed by atoms with E-state index in [9.17, 15) is 9.59 Å². The van der Waals surface area contributed by atoms with Crippen molar-refractivity contribution in [3.63, 3.8) is 0 Å². The van der Waals surface area contributed by atoms with Crippen LogP contribution in [0, 0.1) is 6.92 Å². The first-order valence-electron chi connectivity index (χ1n) is 8.03. The zero-order chi connectivity index (χ0) is 18.2. The summed E-state index contributed by atoms with van der Waals surface area (Å²) in [6, 6.07) is 11.9. The van der Waals surface area contributed by atoms with Crippen LogP contribution in [0.1, 0.15) is 39.6 Å². The maximum Gasteiger partial charge on any atom is 0.269 e. The van der Waals surface area contributed by atoms with E-state index in [1.165, 1.54) is 7.11 Å². The molecule has 0 unspecified atom stereocenters. The third-order valence-corrected chi connectivity index (χ3v) is 3.46. The van der Waals surface area contributed by atoms with Crippen molar-refractivity contribution in [2.45, 2.75) is 20.3 Å². The van der Waals surface area contributed by atoms with Crippen molar-refractivity contribution in [1.82, 2.24) is 10.9 Å². The van der Waals surface area contributed by atoms with Crippen molar-refractivity contribution in [2.75, 3.05) is 13.7 Å². The first-order valence-corrected chi connectivity index (χ1v) is 8.03. The van der Waals surface area contributed by atoms with E-state index in [1.54, 1.807) is 36.4 Å². The number of aryl methyl sites for hydroxylation is 1. The number of rotatable bonds is 6. The molecule has 2 aromatic rings. The fourth-order valence-electron chi connectivity index (χ4n) is 2.18. The Labute approximate surface area is 147 Å². The lowest BCUT2D eigenvalue weighted by Gasteiger charge is -2.12. The molecule has 6 heteroatoms. The molecular formula is C19H22N2O4. The molecule has 0 aromatic heterocycles. The molecule has 0 fully saturated rings. The molecule has 0 bridgehead atoms. The molecule has 0 radical (unpaired) electrons. The summed E-state index contributed by atoms with van der Waals surface area (Å²) in [5, 5.41) is 0. The molecule has 6 nitrogen and oxygen atoms in total. The van der Waals surface area contributed by atoms with E-state index in [4.69, 9.17) is 9.47 Å². The van der Waals surface area contributed by atoms with Gasteiger partial charge in [-0.15, -0.1) is 0 Å². The molecule has 2 amide bonds. The predicted octanol–water partition coefficient (Wildman–Crippen LogP) is 2.87. The number of amides is 2. The number of benzene rings is 2. The van der Waals surface area contributed by atoms with Crippen LogP contribution < -0.4 is 20.3 Å². The second-order valence-electron chi connectivity index (χ2n) is 5.49. The van der Waals surface area contributed by atoms with Crippen LogP contribution >= 0.6 is 0 Å². The van der Waals surface area contributed by atoms with E-state index in [2.05, 4.69) is 10.9 Å². The molecule has 0 aliphatic carbocycles. The number of carbonyl (C=O) groups is 2. The fraction of sp³-hybridized carbons (Fsp3) is 0.263. The van der Waals surface area contributed by atoms with Crippen molar-refractivity contribution >= 4 is 11.8 Å². The maximum atomic E-state index is 12.2. The van der Waals surface area contributed by atoms with E-state index in [-0.39, 0.29) is 5.91 Å². The largest absolute Gasteiger partial charge is 0.493 e. The van der Waals surface area contributed by atoms with Crippen molar-refractivity contribution in [3.05, 3.63) is 59.2 Å². The lowest BCUT2D eigenvalue weighted by Crippen LogP contribution is -2.41. The summed E-state index contributed by atoms with van der Waals surface area (Å²) in [4.78, 5) is 24.3. The number of hydrogen-bond donors (Lipinski definition) is 2. The molecule has 2 aromatic carbocycles. The standard InChI is InChI=1S/C19H22N2O4/c1-4-10-25-16-9-8-15(12-17(16)24-3)19(23)21-20-18(22)14-7-5-6-13(2)11-14/h5-9,11-12H,4,10H2,1-3H3,(H,20,22)(H,21,23). The average Bonchev–Trinajstić information content (AvgIpc) is 2.63. The Balaban J connectivity index is 2.01. The quantitative estimate of drug-likeness (QED) is 0.792. The smallest absolute Gasteiger partial charge is 0.269 e. The molecule has 0 atom stereocenters. The summed E-state index contributed by atoms with van der Waals surface area (Å²) >= 11 is 0. The van der Waals surface area contributed by atoms with Gasteiger partial charge in [0.05, 0.1) is 13.7 Å². The Morgan fingerprint density at radius 3 is 2.24 bits per heavy atom. The van der Waals surface area contributed by atoms with Crippen molar-refractivity contribution in [3.8, 4) is 11.5 Å². The number of methoxy groups -OCH3 is 1. The lowest BCUT2D eigenvalue weighted by atomic mass is 10.1. The summed E-state index contributed by atoms with van der Waals surface area (Å²) in [5.74, 6) is 0.212. The van der Waals surface area contributed by atoms with Crippen LogP contribution in [0.4, 0.5) is 0 Å². The van der Waals surface area contributed by atoms with Gasteiger partial charge >= 0.3 is 0 Å². The molecule has 0 saturated heterocycles. The van der Waals surface area contributed by atoms with Crippen molar-refractivity contribution in [1.29, 1.82) is 0 Å².